The van der Waals surface area contributed by atoms with Gasteiger partial charge in [-0.05, 0) is 53.5 Å². The van der Waals surface area contributed by atoms with Crippen molar-refractivity contribution in [3.63, 3.8) is 0 Å². The summed E-state index contributed by atoms with van der Waals surface area (Å²) in [6, 6.07) is 5.80. The SMILES string of the molecule is Cc1nnc(Nc2ccc(Br)cc2Br)c(C(N)=S)c1C. The minimum Gasteiger partial charge on any atom is -0.389 e. The van der Waals surface area contributed by atoms with Gasteiger partial charge in [-0.3, -0.25) is 0 Å². The Bertz CT molecular complexity index is 688. The Labute approximate surface area is 139 Å². The van der Waals surface area contributed by atoms with Gasteiger partial charge in [-0.15, -0.1) is 5.10 Å². The number of thiocarbonyl (C=S) groups is 1. The molecule has 0 spiro atoms. The lowest BCUT2D eigenvalue weighted by molar-refractivity contribution is 0.963. The van der Waals surface area contributed by atoms with Crippen molar-refractivity contribution in [2.24, 2.45) is 5.73 Å². The quantitative estimate of drug-likeness (QED) is 0.741. The third-order valence-electron chi connectivity index (χ3n) is 2.89. The van der Waals surface area contributed by atoms with Gasteiger partial charge >= 0.3 is 0 Å². The van der Waals surface area contributed by atoms with Gasteiger partial charge in [0.05, 0.1) is 16.9 Å². The predicted molar refractivity (Wildman–Crippen MR) is 92.5 cm³/mol. The van der Waals surface area contributed by atoms with Gasteiger partial charge in [-0.1, -0.05) is 28.1 Å². The molecule has 104 valence electrons. The molecule has 7 heteroatoms. The van der Waals surface area contributed by atoms with E-state index < -0.39 is 0 Å². The molecule has 1 heterocycles. The molecule has 0 bridgehead atoms. The van der Waals surface area contributed by atoms with Gasteiger partial charge in [0.25, 0.3) is 0 Å². The zero-order valence-corrected chi connectivity index (χ0v) is 14.9. The molecule has 0 aliphatic carbocycles. The number of hydrogen-bond donors (Lipinski definition) is 2. The van der Waals surface area contributed by atoms with E-state index in [0.717, 1.165) is 31.5 Å². The summed E-state index contributed by atoms with van der Waals surface area (Å²) in [5.41, 5.74) is 9.14. The number of benzene rings is 1. The van der Waals surface area contributed by atoms with Crippen LogP contribution < -0.4 is 11.1 Å². The third kappa shape index (κ3) is 3.16. The molecular formula is C13H12Br2N4S. The van der Waals surface area contributed by atoms with Crippen LogP contribution >= 0.6 is 44.1 Å². The van der Waals surface area contributed by atoms with E-state index in [-0.39, 0.29) is 0 Å². The van der Waals surface area contributed by atoms with Gasteiger partial charge in [0, 0.05) is 8.95 Å². The molecule has 1 aromatic heterocycles. The maximum Gasteiger partial charge on any atom is 0.163 e. The van der Waals surface area contributed by atoms with Crippen LogP contribution in [-0.4, -0.2) is 15.2 Å². The first-order chi connectivity index (χ1) is 9.40. The Morgan fingerprint density at radius 3 is 2.55 bits per heavy atom. The number of rotatable bonds is 3. The van der Waals surface area contributed by atoms with Crippen molar-refractivity contribution in [3.05, 3.63) is 44.0 Å². The molecule has 0 saturated carbocycles. The molecule has 0 atom stereocenters. The van der Waals surface area contributed by atoms with Crippen molar-refractivity contribution in [3.8, 4) is 0 Å². The predicted octanol–water partition coefficient (Wildman–Crippen LogP) is 4.00. The molecule has 20 heavy (non-hydrogen) atoms. The van der Waals surface area contributed by atoms with Crippen molar-refractivity contribution in [1.29, 1.82) is 0 Å². The van der Waals surface area contributed by atoms with Crippen LogP contribution in [0.3, 0.4) is 0 Å². The fraction of sp³-hybridized carbons (Fsp3) is 0.154. The highest BCUT2D eigenvalue weighted by Gasteiger charge is 2.14. The van der Waals surface area contributed by atoms with Crippen LogP contribution in [0.25, 0.3) is 0 Å². The zero-order valence-electron chi connectivity index (χ0n) is 10.9. The van der Waals surface area contributed by atoms with E-state index in [2.05, 4.69) is 47.4 Å². The Morgan fingerprint density at radius 2 is 1.95 bits per heavy atom. The second-order valence-corrected chi connectivity index (χ2v) is 6.46. The van der Waals surface area contributed by atoms with E-state index in [9.17, 15) is 0 Å². The second kappa shape index (κ2) is 6.15. The van der Waals surface area contributed by atoms with Crippen LogP contribution in [0, 0.1) is 13.8 Å². The summed E-state index contributed by atoms with van der Waals surface area (Å²) in [7, 11) is 0. The van der Waals surface area contributed by atoms with E-state index >= 15 is 0 Å². The summed E-state index contributed by atoms with van der Waals surface area (Å²) in [5.74, 6) is 0.559. The van der Waals surface area contributed by atoms with E-state index in [1.54, 1.807) is 0 Å². The van der Waals surface area contributed by atoms with Crippen LogP contribution in [0.1, 0.15) is 16.8 Å². The number of halogens is 2. The van der Waals surface area contributed by atoms with Crippen molar-refractivity contribution >= 4 is 60.6 Å². The summed E-state index contributed by atoms with van der Waals surface area (Å²) in [6.45, 7) is 3.81. The minimum absolute atomic E-state index is 0.302. The number of hydrogen-bond acceptors (Lipinski definition) is 4. The summed E-state index contributed by atoms with van der Waals surface area (Å²) in [5, 5.41) is 11.5. The van der Waals surface area contributed by atoms with E-state index in [4.69, 9.17) is 18.0 Å². The minimum atomic E-state index is 0.302. The van der Waals surface area contributed by atoms with Gasteiger partial charge in [-0.25, -0.2) is 0 Å². The highest BCUT2D eigenvalue weighted by molar-refractivity contribution is 9.11. The van der Waals surface area contributed by atoms with Gasteiger partial charge in [0.15, 0.2) is 5.82 Å². The monoisotopic (exact) mass is 414 g/mol. The Hall–Kier alpha value is -1.05. The fourth-order valence-electron chi connectivity index (χ4n) is 1.72. The zero-order chi connectivity index (χ0) is 14.9. The van der Waals surface area contributed by atoms with Crippen LogP contribution in [-0.2, 0) is 0 Å². The molecule has 0 radical (unpaired) electrons. The number of aryl methyl sites for hydroxylation is 1. The average Bonchev–Trinajstić information content (AvgIpc) is 2.36. The van der Waals surface area contributed by atoms with Crippen molar-refractivity contribution in [2.45, 2.75) is 13.8 Å². The number of anilines is 2. The molecule has 4 nitrogen and oxygen atoms in total. The molecule has 3 N–H and O–H groups in total. The second-order valence-electron chi connectivity index (χ2n) is 4.25. The summed E-state index contributed by atoms with van der Waals surface area (Å²) >= 11 is 12.0. The maximum absolute atomic E-state index is 5.80. The lowest BCUT2D eigenvalue weighted by Gasteiger charge is -2.14. The van der Waals surface area contributed by atoms with Crippen molar-refractivity contribution < 1.29 is 0 Å². The smallest absolute Gasteiger partial charge is 0.163 e. The van der Waals surface area contributed by atoms with Gasteiger partial charge in [0.1, 0.15) is 4.99 Å². The van der Waals surface area contributed by atoms with Crippen LogP contribution in [0.4, 0.5) is 11.5 Å². The number of nitrogens with two attached hydrogens (primary N) is 1. The van der Waals surface area contributed by atoms with Crippen LogP contribution in [0.2, 0.25) is 0 Å². The first-order valence-corrected chi connectivity index (χ1v) is 7.75. The molecule has 0 aliphatic rings. The topological polar surface area (TPSA) is 63.8 Å². The Morgan fingerprint density at radius 1 is 1.25 bits per heavy atom. The first-order valence-electron chi connectivity index (χ1n) is 5.76. The van der Waals surface area contributed by atoms with E-state index in [1.165, 1.54) is 0 Å². The normalized spacial score (nSPS) is 10.4. The third-order valence-corrected chi connectivity index (χ3v) is 4.24. The number of nitrogens with zero attached hydrogens (tertiary/aromatic N) is 2. The lowest BCUT2D eigenvalue weighted by atomic mass is 10.1. The van der Waals surface area contributed by atoms with Gasteiger partial charge < -0.3 is 11.1 Å². The number of aromatic nitrogens is 2. The molecular weight excluding hydrogens is 404 g/mol. The van der Waals surface area contributed by atoms with E-state index in [0.29, 0.717) is 10.8 Å². The molecule has 1 aromatic carbocycles. The maximum atomic E-state index is 5.80. The van der Waals surface area contributed by atoms with Crippen LogP contribution in [0.5, 0.6) is 0 Å². The molecule has 0 fully saturated rings. The molecule has 0 saturated heterocycles. The summed E-state index contributed by atoms with van der Waals surface area (Å²) in [6.07, 6.45) is 0. The standard InChI is InChI=1S/C13H12Br2N4S/c1-6-7(2)18-19-13(11(6)12(16)20)17-10-4-3-8(14)5-9(10)15/h3-5H,1-2H3,(H2,16,20)(H,17,19). The summed E-state index contributed by atoms with van der Waals surface area (Å²) < 4.78 is 1.89. The van der Waals surface area contributed by atoms with E-state index in [1.807, 2.05) is 32.0 Å². The molecule has 0 aliphatic heterocycles. The average molecular weight is 416 g/mol. The molecule has 2 rings (SSSR count). The molecule has 0 unspecified atom stereocenters. The van der Waals surface area contributed by atoms with Crippen LogP contribution in [0.15, 0.2) is 27.1 Å². The lowest BCUT2D eigenvalue weighted by Crippen LogP contribution is -2.17. The highest BCUT2D eigenvalue weighted by Crippen LogP contribution is 2.30. The van der Waals surface area contributed by atoms with Gasteiger partial charge in [0.2, 0.25) is 0 Å². The molecule has 2 aromatic rings. The highest BCUT2D eigenvalue weighted by atomic mass is 79.9. The first kappa shape index (κ1) is 15.3. The Kier molecular flexibility index (Phi) is 4.72. The fourth-order valence-corrected chi connectivity index (χ4v) is 3.11. The van der Waals surface area contributed by atoms with Crippen molar-refractivity contribution in [2.75, 3.05) is 5.32 Å². The molecule has 0 amide bonds. The van der Waals surface area contributed by atoms with Gasteiger partial charge in [-0.2, -0.15) is 5.10 Å². The summed E-state index contributed by atoms with van der Waals surface area (Å²) in [4.78, 5) is 0.302. The number of nitrogens with one attached hydrogen (secondary N) is 1. The largest absolute Gasteiger partial charge is 0.389 e. The van der Waals surface area contributed by atoms with Crippen molar-refractivity contribution in [1.82, 2.24) is 10.2 Å². The Balaban J connectivity index is 2.48.